The summed E-state index contributed by atoms with van der Waals surface area (Å²) in [4.78, 5) is 12.2. The lowest BCUT2D eigenvalue weighted by molar-refractivity contribution is -0.0728. The number of aromatic nitrogens is 2. The third kappa shape index (κ3) is 4.25. The Morgan fingerprint density at radius 3 is 2.68 bits per heavy atom. The van der Waals surface area contributed by atoms with Gasteiger partial charge in [0.15, 0.2) is 0 Å². The number of likely N-dealkylation sites (tertiary alicyclic amines) is 2. The molecule has 6 nitrogen and oxygen atoms in total. The molecule has 0 aromatic carbocycles. The fraction of sp³-hybridized carbons (Fsp3) is 0.842. The van der Waals surface area contributed by atoms with E-state index in [9.17, 15) is 0 Å². The summed E-state index contributed by atoms with van der Waals surface area (Å²) in [7, 11) is 2.09. The maximum absolute atomic E-state index is 6.17. The van der Waals surface area contributed by atoms with E-state index < -0.39 is 0 Å². The molecule has 4 rings (SSSR count). The van der Waals surface area contributed by atoms with Crippen molar-refractivity contribution < 1.29 is 4.74 Å². The molecule has 0 aliphatic carbocycles. The summed E-state index contributed by atoms with van der Waals surface area (Å²) in [5.74, 6) is 0. The molecule has 3 fully saturated rings. The number of imidazole rings is 1. The molecule has 4 heterocycles. The Balaban J connectivity index is 1.32. The van der Waals surface area contributed by atoms with Crippen molar-refractivity contribution in [3.63, 3.8) is 0 Å². The van der Waals surface area contributed by atoms with Gasteiger partial charge in [0.25, 0.3) is 0 Å². The van der Waals surface area contributed by atoms with Gasteiger partial charge in [-0.15, -0.1) is 0 Å². The normalized spacial score (nSPS) is 29.6. The number of morpholine rings is 1. The molecular formula is C19H33N5O. The van der Waals surface area contributed by atoms with E-state index in [1.807, 2.05) is 12.5 Å². The van der Waals surface area contributed by atoms with Crippen LogP contribution in [0.1, 0.15) is 31.4 Å². The van der Waals surface area contributed by atoms with Crippen molar-refractivity contribution in [2.24, 2.45) is 7.05 Å². The number of fused-ring (bicyclic) bond motifs is 1. The summed E-state index contributed by atoms with van der Waals surface area (Å²) in [5, 5.41) is 0. The maximum atomic E-state index is 6.17. The molecule has 3 aliphatic heterocycles. The second-order valence-corrected chi connectivity index (χ2v) is 7.91. The Labute approximate surface area is 151 Å². The molecule has 0 bridgehead atoms. The minimum atomic E-state index is 0.420. The molecule has 2 atom stereocenters. The zero-order valence-corrected chi connectivity index (χ0v) is 15.6. The van der Waals surface area contributed by atoms with Gasteiger partial charge in [-0.2, -0.15) is 0 Å². The van der Waals surface area contributed by atoms with Crippen LogP contribution in [0.2, 0.25) is 0 Å². The second-order valence-electron chi connectivity index (χ2n) is 7.91. The molecule has 6 heteroatoms. The fourth-order valence-electron chi connectivity index (χ4n) is 4.69. The average Bonchev–Trinajstić information content (AvgIpc) is 3.23. The van der Waals surface area contributed by atoms with Crippen LogP contribution in [0.5, 0.6) is 0 Å². The molecule has 0 unspecified atom stereocenters. The molecule has 3 aliphatic rings. The molecule has 0 amide bonds. The third-order valence-electron chi connectivity index (χ3n) is 6.28. The van der Waals surface area contributed by atoms with E-state index in [1.165, 1.54) is 51.1 Å². The van der Waals surface area contributed by atoms with Crippen molar-refractivity contribution in [3.05, 3.63) is 18.2 Å². The van der Waals surface area contributed by atoms with E-state index in [0.717, 1.165) is 39.2 Å². The zero-order chi connectivity index (χ0) is 17.1. The number of aryl methyl sites for hydroxylation is 1. The number of nitrogens with zero attached hydrogens (tertiary/aromatic N) is 5. The van der Waals surface area contributed by atoms with Gasteiger partial charge in [-0.3, -0.25) is 9.80 Å². The van der Waals surface area contributed by atoms with Crippen molar-refractivity contribution in [1.82, 2.24) is 24.3 Å². The van der Waals surface area contributed by atoms with Crippen molar-refractivity contribution in [3.8, 4) is 0 Å². The van der Waals surface area contributed by atoms with Crippen LogP contribution >= 0.6 is 0 Å². The Bertz CT molecular complexity index is 542. The summed E-state index contributed by atoms with van der Waals surface area (Å²) in [6, 6.07) is 0.605. The lowest BCUT2D eigenvalue weighted by Gasteiger charge is -2.41. The Morgan fingerprint density at radius 1 is 1.04 bits per heavy atom. The van der Waals surface area contributed by atoms with Crippen LogP contribution in [-0.4, -0.2) is 88.8 Å². The van der Waals surface area contributed by atoms with Crippen LogP contribution in [-0.2, 0) is 18.3 Å². The average molecular weight is 348 g/mol. The van der Waals surface area contributed by atoms with Gasteiger partial charge in [-0.1, -0.05) is 0 Å². The van der Waals surface area contributed by atoms with Gasteiger partial charge < -0.3 is 14.2 Å². The quantitative estimate of drug-likeness (QED) is 0.800. The van der Waals surface area contributed by atoms with Crippen LogP contribution in [0, 0.1) is 0 Å². The van der Waals surface area contributed by atoms with Gasteiger partial charge in [0.05, 0.1) is 24.7 Å². The van der Waals surface area contributed by atoms with E-state index in [4.69, 9.17) is 4.74 Å². The van der Waals surface area contributed by atoms with Crippen LogP contribution in [0.25, 0.3) is 0 Å². The van der Waals surface area contributed by atoms with Crippen molar-refractivity contribution >= 4 is 0 Å². The number of hydrogen-bond acceptors (Lipinski definition) is 5. The summed E-state index contributed by atoms with van der Waals surface area (Å²) in [5.41, 5.74) is 1.30. The molecule has 3 saturated heterocycles. The number of ether oxygens (including phenoxy) is 1. The minimum Gasteiger partial charge on any atom is -0.375 e. The van der Waals surface area contributed by atoms with Crippen LogP contribution in [0.3, 0.4) is 0 Å². The first-order valence-corrected chi connectivity index (χ1v) is 10.0. The lowest BCUT2D eigenvalue weighted by Crippen LogP contribution is -2.52. The number of hydrogen-bond donors (Lipinski definition) is 0. The SMILES string of the molecule is Cn1cncc1CN1CC[C@@H]2OCCN(CCN3CCCC3)[C@@H]2CC1. The predicted octanol–water partition coefficient (Wildman–Crippen LogP) is 1.18. The molecule has 25 heavy (non-hydrogen) atoms. The zero-order valence-electron chi connectivity index (χ0n) is 15.6. The Kier molecular flexibility index (Phi) is 5.70. The highest BCUT2D eigenvalue weighted by Gasteiger charge is 2.34. The topological polar surface area (TPSA) is 36.8 Å². The van der Waals surface area contributed by atoms with Gasteiger partial charge in [-0.05, 0) is 38.8 Å². The Morgan fingerprint density at radius 2 is 1.88 bits per heavy atom. The van der Waals surface area contributed by atoms with E-state index >= 15 is 0 Å². The molecule has 1 aromatic heterocycles. The van der Waals surface area contributed by atoms with Crippen molar-refractivity contribution in [1.29, 1.82) is 0 Å². The summed E-state index contributed by atoms with van der Waals surface area (Å²) in [6.07, 6.45) is 9.47. The van der Waals surface area contributed by atoms with Gasteiger partial charge in [0.1, 0.15) is 0 Å². The van der Waals surface area contributed by atoms with E-state index in [2.05, 4.69) is 31.3 Å². The molecular weight excluding hydrogens is 314 g/mol. The third-order valence-corrected chi connectivity index (χ3v) is 6.28. The molecule has 1 aromatic rings. The smallest absolute Gasteiger partial charge is 0.0945 e. The lowest BCUT2D eigenvalue weighted by atomic mass is 10.0. The molecule has 0 N–H and O–H groups in total. The molecule has 0 spiro atoms. The standard InChI is InChI=1S/C19H33N5O/c1-21-16-20-14-17(21)15-23-8-4-18-19(5-9-23)25-13-12-24(18)11-10-22-6-2-3-7-22/h14,16,18-19H,2-13,15H2,1H3/t18-,19+/m1/s1. The van der Waals surface area contributed by atoms with Crippen LogP contribution in [0.4, 0.5) is 0 Å². The minimum absolute atomic E-state index is 0.420. The first kappa shape index (κ1) is 17.5. The fourth-order valence-corrected chi connectivity index (χ4v) is 4.69. The van der Waals surface area contributed by atoms with Crippen LogP contribution in [0.15, 0.2) is 12.5 Å². The highest BCUT2D eigenvalue weighted by molar-refractivity contribution is 4.98. The Hall–Kier alpha value is -0.950. The molecule has 0 radical (unpaired) electrons. The second kappa shape index (κ2) is 8.16. The van der Waals surface area contributed by atoms with E-state index in [1.54, 1.807) is 0 Å². The predicted molar refractivity (Wildman–Crippen MR) is 98.5 cm³/mol. The van der Waals surface area contributed by atoms with Gasteiger partial charge in [-0.25, -0.2) is 4.98 Å². The van der Waals surface area contributed by atoms with Gasteiger partial charge in [0, 0.05) is 58.6 Å². The monoisotopic (exact) mass is 347 g/mol. The van der Waals surface area contributed by atoms with Crippen molar-refractivity contribution in [2.45, 2.75) is 44.4 Å². The first-order chi connectivity index (χ1) is 12.3. The number of rotatable bonds is 5. The van der Waals surface area contributed by atoms with E-state index in [0.29, 0.717) is 12.1 Å². The van der Waals surface area contributed by atoms with Gasteiger partial charge in [0.2, 0.25) is 0 Å². The van der Waals surface area contributed by atoms with Gasteiger partial charge >= 0.3 is 0 Å². The first-order valence-electron chi connectivity index (χ1n) is 10.0. The van der Waals surface area contributed by atoms with Crippen LogP contribution < -0.4 is 0 Å². The maximum Gasteiger partial charge on any atom is 0.0945 e. The largest absolute Gasteiger partial charge is 0.375 e. The summed E-state index contributed by atoms with van der Waals surface area (Å²) >= 11 is 0. The highest BCUT2D eigenvalue weighted by atomic mass is 16.5. The molecule has 0 saturated carbocycles. The highest BCUT2D eigenvalue weighted by Crippen LogP contribution is 2.24. The summed E-state index contributed by atoms with van der Waals surface area (Å²) < 4.78 is 8.31. The van der Waals surface area contributed by atoms with Crippen molar-refractivity contribution in [2.75, 3.05) is 52.4 Å². The molecule has 140 valence electrons. The van der Waals surface area contributed by atoms with E-state index in [-0.39, 0.29) is 0 Å². The summed E-state index contributed by atoms with van der Waals surface area (Å²) in [6.45, 7) is 10.4.